The van der Waals surface area contributed by atoms with Crippen LogP contribution in [0.25, 0.3) is 6.08 Å². The second-order valence-electron chi connectivity index (χ2n) is 9.82. The van der Waals surface area contributed by atoms with Crippen molar-refractivity contribution < 1.29 is 14.4 Å². The predicted molar refractivity (Wildman–Crippen MR) is 194 cm³/mol. The van der Waals surface area contributed by atoms with Crippen LogP contribution in [0.1, 0.15) is 26.7 Å². The normalized spacial score (nSPS) is 11.7. The minimum absolute atomic E-state index is 0.0864. The van der Waals surface area contributed by atoms with E-state index in [1.54, 1.807) is 36.4 Å². The van der Waals surface area contributed by atoms with Crippen molar-refractivity contribution >= 4 is 85.5 Å². The van der Waals surface area contributed by atoms with Crippen molar-refractivity contribution in [1.82, 2.24) is 5.32 Å². The molecular weight excluding hydrogens is 761 g/mol. The first-order valence-electron chi connectivity index (χ1n) is 13.9. The highest BCUT2D eigenvalue weighted by molar-refractivity contribution is 14.1. The van der Waals surface area contributed by atoms with Crippen LogP contribution in [0.2, 0.25) is 0 Å². The van der Waals surface area contributed by atoms with E-state index in [9.17, 15) is 14.4 Å². The Hall–Kier alpha value is -4.19. The van der Waals surface area contributed by atoms with E-state index in [2.05, 4.69) is 54.5 Å². The van der Waals surface area contributed by atoms with Crippen LogP contribution in [-0.4, -0.2) is 17.7 Å². The third kappa shape index (κ3) is 9.40. The summed E-state index contributed by atoms with van der Waals surface area (Å²) in [7, 11) is 0. The number of benzene rings is 5. The van der Waals surface area contributed by atoms with Crippen molar-refractivity contribution in [2.75, 3.05) is 10.6 Å². The van der Waals surface area contributed by atoms with Gasteiger partial charge < -0.3 is 16.0 Å². The van der Waals surface area contributed by atoms with Crippen LogP contribution in [0.5, 0.6) is 0 Å². The quantitative estimate of drug-likeness (QED) is 0.0750. The van der Waals surface area contributed by atoms with E-state index in [4.69, 9.17) is 0 Å². The number of carbonyl (C=O) groups is 3. The van der Waals surface area contributed by atoms with Crippen LogP contribution >= 0.6 is 50.3 Å². The van der Waals surface area contributed by atoms with Crippen molar-refractivity contribution in [3.8, 4) is 0 Å². The topological polar surface area (TPSA) is 87.3 Å². The lowest BCUT2D eigenvalue weighted by Crippen LogP contribution is -2.30. The molecule has 0 radical (unpaired) electrons. The molecule has 0 fully saturated rings. The second-order valence-corrected chi connectivity index (χ2v) is 13.2. The molecule has 0 aliphatic carbocycles. The summed E-state index contributed by atoms with van der Waals surface area (Å²) in [6.07, 6.45) is 1.63. The molecule has 5 aromatic carbocycles. The summed E-state index contributed by atoms with van der Waals surface area (Å²) in [5.41, 5.74) is 3.34. The summed E-state index contributed by atoms with van der Waals surface area (Å²) < 4.78 is 1.97. The Morgan fingerprint density at radius 2 is 1.38 bits per heavy atom. The van der Waals surface area contributed by atoms with Gasteiger partial charge in [-0.05, 0) is 107 Å². The Morgan fingerprint density at radius 1 is 0.711 bits per heavy atom. The van der Waals surface area contributed by atoms with Gasteiger partial charge in [-0.15, -0.1) is 11.8 Å². The molecule has 3 N–H and O–H groups in total. The van der Waals surface area contributed by atoms with E-state index in [1.807, 2.05) is 103 Å². The van der Waals surface area contributed by atoms with Gasteiger partial charge in [-0.25, -0.2) is 0 Å². The summed E-state index contributed by atoms with van der Waals surface area (Å²) in [6.45, 7) is 0. The number of nitrogens with one attached hydrogen (secondary N) is 3. The van der Waals surface area contributed by atoms with Crippen molar-refractivity contribution in [3.05, 3.63) is 164 Å². The standard InChI is InChI=1S/C36H27BrIN3O3S/c37-27-16-14-24(15-17-27)22-32(41-34(42)26-10-5-2-6-11-26)35(43)40-30-12-7-13-31(23-30)45-33(25-8-3-1-4-9-25)36(44)39-29-20-18-28(38)19-21-29/h1-23,33H,(H,39,44)(H,40,43)(H,41,42)/b32-22-. The Labute approximate surface area is 288 Å². The maximum atomic E-state index is 13.6. The average Bonchev–Trinajstić information content (AvgIpc) is 3.06. The van der Waals surface area contributed by atoms with Gasteiger partial charge >= 0.3 is 0 Å². The average molecular weight is 789 g/mol. The highest BCUT2D eigenvalue weighted by Gasteiger charge is 2.23. The Bertz CT molecular complexity index is 1820. The first-order valence-corrected chi connectivity index (χ1v) is 16.6. The molecule has 0 aromatic heterocycles. The summed E-state index contributed by atoms with van der Waals surface area (Å²) in [6, 6.07) is 40.6. The maximum Gasteiger partial charge on any atom is 0.272 e. The predicted octanol–water partition coefficient (Wildman–Crippen LogP) is 8.94. The lowest BCUT2D eigenvalue weighted by molar-refractivity contribution is -0.116. The van der Waals surface area contributed by atoms with Crippen molar-refractivity contribution in [2.24, 2.45) is 0 Å². The molecule has 0 aliphatic rings. The van der Waals surface area contributed by atoms with E-state index in [-0.39, 0.29) is 11.6 Å². The van der Waals surface area contributed by atoms with Crippen LogP contribution in [-0.2, 0) is 9.59 Å². The number of hydrogen-bond donors (Lipinski definition) is 3. The lowest BCUT2D eigenvalue weighted by Gasteiger charge is -2.18. The third-order valence-electron chi connectivity index (χ3n) is 6.51. The number of thioether (sulfide) groups is 1. The Kier molecular flexibility index (Phi) is 11.2. The summed E-state index contributed by atoms with van der Waals surface area (Å²) >= 11 is 7.03. The molecule has 1 atom stereocenters. The highest BCUT2D eigenvalue weighted by Crippen LogP contribution is 2.37. The molecule has 0 heterocycles. The van der Waals surface area contributed by atoms with Gasteiger partial charge in [0.05, 0.1) is 0 Å². The number of carbonyl (C=O) groups excluding carboxylic acids is 3. The molecule has 0 aliphatic heterocycles. The first kappa shape index (κ1) is 32.2. The van der Waals surface area contributed by atoms with Crippen molar-refractivity contribution in [1.29, 1.82) is 0 Å². The highest BCUT2D eigenvalue weighted by atomic mass is 127. The molecule has 0 spiro atoms. The van der Waals surface area contributed by atoms with Gasteiger partial charge in [0.2, 0.25) is 5.91 Å². The maximum absolute atomic E-state index is 13.6. The van der Waals surface area contributed by atoms with E-state index in [0.717, 1.165) is 24.1 Å². The van der Waals surface area contributed by atoms with Crippen LogP contribution in [0, 0.1) is 3.57 Å². The number of anilines is 2. The van der Waals surface area contributed by atoms with E-state index >= 15 is 0 Å². The summed E-state index contributed by atoms with van der Waals surface area (Å²) in [5.74, 6) is -1.05. The molecule has 0 saturated heterocycles. The smallest absolute Gasteiger partial charge is 0.272 e. The van der Waals surface area contributed by atoms with Crippen LogP contribution in [0.4, 0.5) is 11.4 Å². The number of halogens is 2. The van der Waals surface area contributed by atoms with Crippen molar-refractivity contribution in [2.45, 2.75) is 10.1 Å². The SMILES string of the molecule is O=C(Nc1cccc(SC(C(=O)Nc2ccc(I)cc2)c2ccccc2)c1)/C(=C/c1ccc(Br)cc1)NC(=O)c1ccccc1. The van der Waals surface area contributed by atoms with Gasteiger partial charge in [-0.2, -0.15) is 0 Å². The fraction of sp³-hybridized carbons (Fsp3) is 0.0278. The van der Waals surface area contributed by atoms with Gasteiger partial charge in [-0.1, -0.05) is 82.7 Å². The summed E-state index contributed by atoms with van der Waals surface area (Å²) in [5, 5.41) is 8.16. The fourth-order valence-electron chi connectivity index (χ4n) is 4.29. The van der Waals surface area contributed by atoms with Crippen LogP contribution < -0.4 is 16.0 Å². The minimum atomic E-state index is -0.547. The Morgan fingerprint density at radius 3 is 2.07 bits per heavy atom. The summed E-state index contributed by atoms with van der Waals surface area (Å²) in [4.78, 5) is 40.9. The molecule has 0 saturated carbocycles. The van der Waals surface area contributed by atoms with Crippen LogP contribution in [0.3, 0.4) is 0 Å². The van der Waals surface area contributed by atoms with Crippen molar-refractivity contribution in [3.63, 3.8) is 0 Å². The second kappa shape index (κ2) is 15.7. The van der Waals surface area contributed by atoms with Gasteiger partial charge in [0, 0.05) is 29.9 Å². The largest absolute Gasteiger partial charge is 0.325 e. The van der Waals surface area contributed by atoms with Gasteiger partial charge in [0.25, 0.3) is 11.8 Å². The van der Waals surface area contributed by atoms with E-state index < -0.39 is 17.1 Å². The molecule has 224 valence electrons. The zero-order chi connectivity index (χ0) is 31.6. The molecular formula is C36H27BrIN3O3S. The zero-order valence-electron chi connectivity index (χ0n) is 23.7. The fourth-order valence-corrected chi connectivity index (χ4v) is 6.00. The number of amides is 3. The van der Waals surface area contributed by atoms with Crippen LogP contribution in [0.15, 0.2) is 149 Å². The molecule has 3 amide bonds. The van der Waals surface area contributed by atoms with Gasteiger partial charge in [0.1, 0.15) is 10.9 Å². The number of hydrogen-bond acceptors (Lipinski definition) is 4. The van der Waals surface area contributed by atoms with Gasteiger partial charge in [0.15, 0.2) is 0 Å². The molecule has 0 bridgehead atoms. The lowest BCUT2D eigenvalue weighted by atomic mass is 10.1. The minimum Gasteiger partial charge on any atom is -0.325 e. The third-order valence-corrected chi connectivity index (χ3v) is 9.00. The zero-order valence-corrected chi connectivity index (χ0v) is 28.3. The van der Waals surface area contributed by atoms with E-state index in [1.165, 1.54) is 11.8 Å². The Balaban J connectivity index is 1.37. The molecule has 1 unspecified atom stereocenters. The molecule has 45 heavy (non-hydrogen) atoms. The van der Waals surface area contributed by atoms with Gasteiger partial charge in [-0.3, -0.25) is 14.4 Å². The first-order chi connectivity index (χ1) is 21.8. The number of rotatable bonds is 10. The molecule has 6 nitrogen and oxygen atoms in total. The molecule has 5 aromatic rings. The monoisotopic (exact) mass is 787 g/mol. The molecule has 9 heteroatoms. The van der Waals surface area contributed by atoms with E-state index in [0.29, 0.717) is 16.9 Å². The molecule has 5 rings (SSSR count).